The zero-order valence-electron chi connectivity index (χ0n) is 17.3. The summed E-state index contributed by atoms with van der Waals surface area (Å²) in [4.78, 5) is 8.90. The summed E-state index contributed by atoms with van der Waals surface area (Å²) in [5, 5.41) is 7.05. The second kappa shape index (κ2) is 14.5. The summed E-state index contributed by atoms with van der Waals surface area (Å²) in [7, 11) is 0. The minimum Gasteiger partial charge on any atom is -0.494 e. The molecule has 0 spiro atoms. The number of anilines is 1. The van der Waals surface area contributed by atoms with Crippen LogP contribution in [0, 0.1) is 0 Å². The smallest absolute Gasteiger partial charge is 0.234 e. The number of unbranched alkanes of at least 4 members (excludes halogenated alkanes) is 2. The topological polar surface area (TPSA) is 96.3 Å². The van der Waals surface area contributed by atoms with Crippen molar-refractivity contribution < 1.29 is 18.3 Å². The molecule has 2 aromatic rings. The van der Waals surface area contributed by atoms with Crippen LogP contribution >= 0.6 is 0 Å². The molecule has 0 aliphatic rings. The molecule has 0 fully saturated rings. The van der Waals surface area contributed by atoms with Crippen molar-refractivity contribution in [3.05, 3.63) is 54.4 Å². The number of oxime groups is 1. The number of pyridine rings is 1. The molecule has 1 atom stereocenters. The maximum Gasteiger partial charge on any atom is 0.234 e. The molecule has 1 aromatic carbocycles. The normalized spacial score (nSPS) is 12.2. The highest BCUT2D eigenvalue weighted by atomic mass is 32.2. The predicted molar refractivity (Wildman–Crippen MR) is 120 cm³/mol. The Balaban J connectivity index is 1.58. The lowest BCUT2D eigenvalue weighted by atomic mass is 10.2. The summed E-state index contributed by atoms with van der Waals surface area (Å²) < 4.78 is 28.3. The van der Waals surface area contributed by atoms with Crippen LogP contribution in [0.1, 0.15) is 31.7 Å². The highest BCUT2D eigenvalue weighted by molar-refractivity contribution is 7.76. The van der Waals surface area contributed by atoms with Crippen molar-refractivity contribution in [2.24, 2.45) is 5.16 Å². The van der Waals surface area contributed by atoms with Crippen molar-refractivity contribution in [3.63, 3.8) is 0 Å². The van der Waals surface area contributed by atoms with Gasteiger partial charge in [0.25, 0.3) is 0 Å². The first-order valence-corrected chi connectivity index (χ1v) is 11.1. The number of aromatic nitrogens is 1. The Hall–Kier alpha value is -2.49. The molecule has 0 radical (unpaired) electrons. The molecular weight excluding hydrogens is 404 g/mol. The zero-order valence-corrected chi connectivity index (χ0v) is 18.1. The van der Waals surface area contributed by atoms with Gasteiger partial charge in [0.1, 0.15) is 12.4 Å². The first kappa shape index (κ1) is 23.8. The molecule has 1 heterocycles. The quantitative estimate of drug-likeness (QED) is 0.193. The fourth-order valence-corrected chi connectivity index (χ4v) is 3.18. The second-order valence-electron chi connectivity index (χ2n) is 6.45. The molecule has 164 valence electrons. The van der Waals surface area contributed by atoms with Crippen LogP contribution in [0.3, 0.4) is 0 Å². The van der Waals surface area contributed by atoms with E-state index < -0.39 is 11.3 Å². The summed E-state index contributed by atoms with van der Waals surface area (Å²) in [6.07, 6.45) is 7.71. The van der Waals surface area contributed by atoms with E-state index in [4.69, 9.17) is 9.57 Å². The molecule has 2 rings (SSSR count). The highest BCUT2D eigenvalue weighted by Crippen LogP contribution is 2.12. The predicted octanol–water partition coefficient (Wildman–Crippen LogP) is 3.55. The van der Waals surface area contributed by atoms with Crippen LogP contribution in [0.4, 0.5) is 5.69 Å². The first-order valence-electron chi connectivity index (χ1n) is 10.1. The van der Waals surface area contributed by atoms with Gasteiger partial charge in [-0.05, 0) is 68.1 Å². The van der Waals surface area contributed by atoms with Gasteiger partial charge in [0.15, 0.2) is 0 Å². The van der Waals surface area contributed by atoms with Crippen molar-refractivity contribution in [2.75, 3.05) is 38.2 Å². The summed E-state index contributed by atoms with van der Waals surface area (Å²) in [5.74, 6) is 0.809. The van der Waals surface area contributed by atoms with E-state index in [1.165, 1.54) is 0 Å². The SMILES string of the molecule is CCO/N=C/c1ccc(OCCCCCN(CCNc2ccncc2)S(=O)O)cc1. The standard InChI is InChI=1S/C21H30N4O4S/c1-2-29-24-18-19-6-8-21(9-7-19)28-17-5-3-4-15-25(30(26)27)16-14-23-20-10-12-22-13-11-20/h6-13,18H,2-5,14-17H2,1H3,(H,22,23)(H,26,27)/b24-18+. The third-order valence-electron chi connectivity index (χ3n) is 4.20. The van der Waals surface area contributed by atoms with E-state index >= 15 is 0 Å². The Kier molecular flexibility index (Phi) is 11.5. The fraction of sp³-hybridized carbons (Fsp3) is 0.429. The molecule has 1 aromatic heterocycles. The highest BCUT2D eigenvalue weighted by Gasteiger charge is 2.10. The summed E-state index contributed by atoms with van der Waals surface area (Å²) in [6, 6.07) is 11.4. The molecule has 9 heteroatoms. The number of hydrogen-bond acceptors (Lipinski definition) is 6. The summed E-state index contributed by atoms with van der Waals surface area (Å²) in [5.41, 5.74) is 1.90. The maximum atomic E-state index is 11.5. The minimum atomic E-state index is -1.97. The molecule has 8 nitrogen and oxygen atoms in total. The lowest BCUT2D eigenvalue weighted by Gasteiger charge is -2.18. The Morgan fingerprint density at radius 3 is 2.60 bits per heavy atom. The van der Waals surface area contributed by atoms with Crippen LogP contribution < -0.4 is 10.1 Å². The molecule has 0 amide bonds. The van der Waals surface area contributed by atoms with E-state index in [1.54, 1.807) is 22.9 Å². The van der Waals surface area contributed by atoms with Gasteiger partial charge in [-0.25, -0.2) is 4.21 Å². The van der Waals surface area contributed by atoms with Gasteiger partial charge in [0.05, 0.1) is 12.8 Å². The van der Waals surface area contributed by atoms with Crippen LogP contribution in [0.25, 0.3) is 0 Å². The summed E-state index contributed by atoms with van der Waals surface area (Å²) >= 11 is -1.97. The third-order valence-corrected chi connectivity index (χ3v) is 5.00. The lowest BCUT2D eigenvalue weighted by molar-refractivity contribution is 0.160. The number of ether oxygens (including phenoxy) is 1. The van der Waals surface area contributed by atoms with E-state index in [1.807, 2.05) is 43.3 Å². The van der Waals surface area contributed by atoms with Gasteiger partial charge < -0.3 is 14.9 Å². The van der Waals surface area contributed by atoms with Crippen molar-refractivity contribution >= 4 is 23.2 Å². The Morgan fingerprint density at radius 1 is 1.13 bits per heavy atom. The minimum absolute atomic E-state index is 0.487. The molecular formula is C21H30N4O4S. The van der Waals surface area contributed by atoms with Crippen LogP contribution in [0.5, 0.6) is 5.75 Å². The monoisotopic (exact) mass is 434 g/mol. The zero-order chi connectivity index (χ0) is 21.4. The lowest BCUT2D eigenvalue weighted by Crippen LogP contribution is -2.31. The molecule has 0 bridgehead atoms. The number of nitrogens with one attached hydrogen (secondary N) is 1. The van der Waals surface area contributed by atoms with Gasteiger partial charge in [-0.2, -0.15) is 4.31 Å². The number of benzene rings is 1. The Labute approximate surface area is 180 Å². The molecule has 0 aliphatic heterocycles. The van der Waals surface area contributed by atoms with Gasteiger partial charge in [-0.3, -0.25) is 9.54 Å². The van der Waals surface area contributed by atoms with E-state index in [0.717, 1.165) is 36.3 Å². The first-order chi connectivity index (χ1) is 14.7. The van der Waals surface area contributed by atoms with E-state index in [-0.39, 0.29) is 0 Å². The molecule has 0 saturated carbocycles. The van der Waals surface area contributed by atoms with Crippen LogP contribution in [-0.2, 0) is 16.1 Å². The average Bonchev–Trinajstić information content (AvgIpc) is 2.76. The van der Waals surface area contributed by atoms with Gasteiger partial charge in [0, 0.05) is 37.7 Å². The van der Waals surface area contributed by atoms with E-state index in [0.29, 0.717) is 32.8 Å². The maximum absolute atomic E-state index is 11.5. The van der Waals surface area contributed by atoms with Gasteiger partial charge in [-0.1, -0.05) is 5.16 Å². The molecule has 0 aliphatic carbocycles. The van der Waals surface area contributed by atoms with Crippen LogP contribution in [0.15, 0.2) is 53.9 Å². The van der Waals surface area contributed by atoms with Crippen molar-refractivity contribution in [1.82, 2.24) is 9.29 Å². The summed E-state index contributed by atoms with van der Waals surface area (Å²) in [6.45, 7) is 4.68. The van der Waals surface area contributed by atoms with Gasteiger partial charge >= 0.3 is 0 Å². The second-order valence-corrected chi connectivity index (χ2v) is 7.43. The Morgan fingerprint density at radius 2 is 1.90 bits per heavy atom. The molecule has 2 N–H and O–H groups in total. The Bertz CT molecular complexity index is 759. The van der Waals surface area contributed by atoms with Crippen molar-refractivity contribution in [2.45, 2.75) is 26.2 Å². The largest absolute Gasteiger partial charge is 0.494 e. The molecule has 30 heavy (non-hydrogen) atoms. The van der Waals surface area contributed by atoms with Gasteiger partial charge in [-0.15, -0.1) is 0 Å². The average molecular weight is 435 g/mol. The fourth-order valence-electron chi connectivity index (χ4n) is 2.64. The van der Waals surface area contributed by atoms with Gasteiger partial charge in [0.2, 0.25) is 11.3 Å². The van der Waals surface area contributed by atoms with Crippen molar-refractivity contribution in [1.29, 1.82) is 0 Å². The number of hydrogen-bond donors (Lipinski definition) is 2. The van der Waals surface area contributed by atoms with Crippen LogP contribution in [0.2, 0.25) is 0 Å². The third kappa shape index (κ3) is 9.82. The molecule has 0 saturated heterocycles. The van der Waals surface area contributed by atoms with E-state index in [2.05, 4.69) is 15.5 Å². The van der Waals surface area contributed by atoms with Crippen LogP contribution in [-0.4, -0.2) is 57.1 Å². The number of nitrogens with zero attached hydrogens (tertiary/aromatic N) is 3. The molecule has 1 unspecified atom stereocenters. The number of rotatable bonds is 15. The van der Waals surface area contributed by atoms with Crippen molar-refractivity contribution in [3.8, 4) is 5.75 Å². The van der Waals surface area contributed by atoms with E-state index in [9.17, 15) is 8.76 Å².